The van der Waals surface area contributed by atoms with E-state index in [9.17, 15) is 0 Å². The van der Waals surface area contributed by atoms with Gasteiger partial charge in [-0.3, -0.25) is 0 Å². The highest BCUT2D eigenvalue weighted by Crippen LogP contribution is 2.00. The Labute approximate surface area is 101 Å². The number of hydrogen-bond acceptors (Lipinski definition) is 3. The first-order valence-corrected chi connectivity index (χ1v) is 5.01. The minimum absolute atomic E-state index is 0.310. The second-order valence-corrected chi connectivity index (χ2v) is 3.01. The smallest absolute Gasteiger partial charge is 0.109 e. The van der Waals surface area contributed by atoms with E-state index in [1.54, 1.807) is 13.0 Å². The molecule has 0 amide bonds. The zero-order valence-corrected chi connectivity index (χ0v) is 10.1. The van der Waals surface area contributed by atoms with E-state index in [0.29, 0.717) is 25.4 Å². The average molecular weight is 226 g/mol. The minimum Gasteiger partial charge on any atom is -0.497 e. The van der Waals surface area contributed by atoms with Crippen LogP contribution in [0.4, 0.5) is 0 Å². The third-order valence-electron chi connectivity index (χ3n) is 1.64. The van der Waals surface area contributed by atoms with Crippen molar-refractivity contribution in [3.05, 3.63) is 23.7 Å². The summed E-state index contributed by atoms with van der Waals surface area (Å²) < 4.78 is 30.0. The summed E-state index contributed by atoms with van der Waals surface area (Å²) in [7, 11) is 1.30. The van der Waals surface area contributed by atoms with Crippen molar-refractivity contribution in [2.24, 2.45) is 0 Å². The first-order valence-electron chi connectivity index (χ1n) is 6.01. The van der Waals surface area contributed by atoms with Gasteiger partial charge in [-0.15, -0.1) is 12.3 Å². The predicted octanol–water partition coefficient (Wildman–Crippen LogP) is 2.50. The van der Waals surface area contributed by atoms with Crippen molar-refractivity contribution < 1.29 is 17.0 Å². The van der Waals surface area contributed by atoms with Crippen molar-refractivity contribution in [3.8, 4) is 12.3 Å². The Kier molecular flexibility index (Phi) is 7.02. The molecule has 0 spiro atoms. The topological polar surface area (TPSA) is 27.7 Å². The van der Waals surface area contributed by atoms with Gasteiger partial charge in [-0.05, 0) is 26.0 Å². The fourth-order valence-corrected chi connectivity index (χ4v) is 0.804. The molecule has 0 aliphatic carbocycles. The van der Waals surface area contributed by atoms with Crippen LogP contribution < -0.4 is 0 Å². The number of ether oxygens (including phenoxy) is 3. The van der Waals surface area contributed by atoms with Crippen LogP contribution in [-0.4, -0.2) is 26.9 Å². The molecule has 3 nitrogen and oxygen atoms in total. The van der Waals surface area contributed by atoms with Gasteiger partial charge < -0.3 is 14.2 Å². The van der Waals surface area contributed by atoms with Crippen molar-refractivity contribution in [1.29, 1.82) is 0 Å². The van der Waals surface area contributed by atoms with E-state index in [4.69, 9.17) is 18.6 Å². The number of methoxy groups -OCH3 is 1. The largest absolute Gasteiger partial charge is 0.497 e. The molecule has 0 fully saturated rings. The van der Waals surface area contributed by atoms with Gasteiger partial charge in [0.15, 0.2) is 0 Å². The molecule has 0 saturated heterocycles. The number of hydrogen-bond donors (Lipinski definition) is 0. The molecule has 0 atom stereocenters. The first kappa shape index (κ1) is 11.1. The van der Waals surface area contributed by atoms with Gasteiger partial charge >= 0.3 is 0 Å². The maximum Gasteiger partial charge on any atom is 0.109 e. The molecule has 0 unspecified atom stereocenters. The lowest BCUT2D eigenvalue weighted by Crippen LogP contribution is -1.95. The molecule has 0 bridgehead atoms. The van der Waals surface area contributed by atoms with Crippen LogP contribution in [0.25, 0.3) is 0 Å². The highest BCUT2D eigenvalue weighted by Gasteiger charge is 1.91. The van der Waals surface area contributed by atoms with Crippen molar-refractivity contribution in [1.82, 2.24) is 0 Å². The Bertz CT molecular complexity index is 341. The van der Waals surface area contributed by atoms with Gasteiger partial charge in [0.25, 0.3) is 0 Å². The molecule has 0 aliphatic heterocycles. The molecule has 0 heterocycles. The molecule has 0 N–H and O–H groups in total. The molecule has 0 rings (SSSR count). The van der Waals surface area contributed by atoms with E-state index in [0.717, 1.165) is 5.76 Å². The number of allylic oxidation sites excluding steroid dienone is 2. The average Bonchev–Trinajstić information content (AvgIpc) is 2.28. The summed E-state index contributed by atoms with van der Waals surface area (Å²) in [6, 6.07) is 0. The van der Waals surface area contributed by atoms with Crippen LogP contribution in [0.5, 0.6) is 0 Å². The summed E-state index contributed by atoms with van der Waals surface area (Å²) in [5, 5.41) is 0. The molecule has 0 aromatic carbocycles. The lowest BCUT2D eigenvalue weighted by Gasteiger charge is -2.06. The Balaban J connectivity index is 4.03. The summed E-state index contributed by atoms with van der Waals surface area (Å²) in [5.74, 6) is 3.66. The van der Waals surface area contributed by atoms with Gasteiger partial charge in [0.05, 0.1) is 27.4 Å². The van der Waals surface area contributed by atoms with E-state index >= 15 is 0 Å². The van der Waals surface area contributed by atoms with E-state index < -0.39 is 6.56 Å². The Hall–Kier alpha value is -1.40. The lowest BCUT2D eigenvalue weighted by atomic mass is 10.4. The van der Waals surface area contributed by atoms with Crippen LogP contribution in [0, 0.1) is 12.3 Å². The van der Waals surface area contributed by atoms with Crippen molar-refractivity contribution >= 4 is 0 Å². The summed E-state index contributed by atoms with van der Waals surface area (Å²) in [4.78, 5) is 0. The number of terminal acetylenes is 1. The monoisotopic (exact) mass is 226 g/mol. The van der Waals surface area contributed by atoms with Gasteiger partial charge in [0, 0.05) is 13.5 Å². The van der Waals surface area contributed by atoms with Gasteiger partial charge in [-0.2, -0.15) is 0 Å². The van der Waals surface area contributed by atoms with Gasteiger partial charge in [0.1, 0.15) is 6.61 Å². The first-order chi connectivity index (χ1) is 8.41. The summed E-state index contributed by atoms with van der Waals surface area (Å²) in [5.41, 5.74) is 0. The number of rotatable bonds is 8. The quantitative estimate of drug-likeness (QED) is 0.361. The molecule has 90 valence electrons. The van der Waals surface area contributed by atoms with Crippen LogP contribution in [0.1, 0.15) is 23.0 Å². The molecule has 0 aliphatic rings. The van der Waals surface area contributed by atoms with Gasteiger partial charge in [-0.1, -0.05) is 0 Å². The highest BCUT2D eigenvalue weighted by atomic mass is 16.5. The van der Waals surface area contributed by atoms with Crippen molar-refractivity contribution in [2.45, 2.75) is 20.3 Å². The predicted molar refractivity (Wildman–Crippen MR) is 64.7 cm³/mol. The van der Waals surface area contributed by atoms with E-state index in [2.05, 4.69) is 10.7 Å². The summed E-state index contributed by atoms with van der Waals surface area (Å²) in [6.45, 7) is 2.46. The zero-order valence-electron chi connectivity index (χ0n) is 12.1. The van der Waals surface area contributed by atoms with Crippen LogP contribution in [0.15, 0.2) is 23.7 Å². The Morgan fingerprint density at radius 1 is 1.31 bits per heavy atom. The third-order valence-corrected chi connectivity index (χ3v) is 1.64. The Morgan fingerprint density at radius 3 is 2.62 bits per heavy atom. The fourth-order valence-electron chi connectivity index (χ4n) is 0.804. The fraction of sp³-hybridized carbons (Fsp3) is 0.538. The molecule has 0 aromatic rings. The molecule has 0 aromatic heterocycles. The maximum atomic E-state index is 7.37. The second-order valence-electron chi connectivity index (χ2n) is 3.01. The molecule has 0 radical (unpaired) electrons. The molecule has 16 heavy (non-hydrogen) atoms. The van der Waals surface area contributed by atoms with Crippen LogP contribution in [0.3, 0.4) is 0 Å². The highest BCUT2D eigenvalue weighted by molar-refractivity contribution is 4.93. The SMILES string of the molecule is [2H]C([2H])(/C=C(\C)OC/C=C(\C)OCCC#C)OC. The van der Waals surface area contributed by atoms with Crippen LogP contribution in [-0.2, 0) is 14.2 Å². The van der Waals surface area contributed by atoms with Crippen LogP contribution in [0.2, 0.25) is 0 Å². The second kappa shape index (κ2) is 10.1. The maximum absolute atomic E-state index is 7.37. The van der Waals surface area contributed by atoms with E-state index in [1.165, 1.54) is 13.2 Å². The van der Waals surface area contributed by atoms with Crippen molar-refractivity contribution in [3.63, 3.8) is 0 Å². The standard InChI is InChI=1S/C13H20O3/c1-5-6-9-15-13(3)8-11-16-12(2)7-10-14-4/h1,7-8H,6,9-11H2,2-4H3/b12-7+,13-8+/i10D2. The molecule has 0 saturated carbocycles. The van der Waals surface area contributed by atoms with Gasteiger partial charge in [0.2, 0.25) is 0 Å². The Morgan fingerprint density at radius 2 is 2.00 bits per heavy atom. The van der Waals surface area contributed by atoms with Crippen molar-refractivity contribution in [2.75, 3.05) is 26.9 Å². The molecular formula is C13H20O3. The summed E-state index contributed by atoms with van der Waals surface area (Å²) in [6.07, 6.45) is 8.70. The zero-order chi connectivity index (χ0) is 14.0. The van der Waals surface area contributed by atoms with Crippen LogP contribution >= 0.6 is 0 Å². The normalized spacial score (nSPS) is 14.9. The van der Waals surface area contributed by atoms with E-state index in [-0.39, 0.29) is 0 Å². The summed E-state index contributed by atoms with van der Waals surface area (Å²) >= 11 is 0. The van der Waals surface area contributed by atoms with Gasteiger partial charge in [-0.25, -0.2) is 0 Å². The molecule has 3 heteroatoms. The minimum atomic E-state index is -1.81. The lowest BCUT2D eigenvalue weighted by molar-refractivity contribution is 0.201. The third kappa shape index (κ3) is 9.17. The molecular weight excluding hydrogens is 204 g/mol. The van der Waals surface area contributed by atoms with E-state index in [1.807, 2.05) is 6.92 Å².